The van der Waals surface area contributed by atoms with Gasteiger partial charge in [-0.05, 0) is 31.6 Å². The maximum Gasteiger partial charge on any atom is 0.0836 e. The van der Waals surface area contributed by atoms with Crippen molar-refractivity contribution in [1.29, 1.82) is 0 Å². The van der Waals surface area contributed by atoms with Gasteiger partial charge in [0.1, 0.15) is 0 Å². The number of aliphatic hydroxyl groups is 1. The Morgan fingerprint density at radius 1 is 1.12 bits per heavy atom. The van der Waals surface area contributed by atoms with Gasteiger partial charge in [0.05, 0.1) is 25.4 Å². The van der Waals surface area contributed by atoms with Crippen molar-refractivity contribution in [2.24, 2.45) is 5.92 Å². The van der Waals surface area contributed by atoms with Gasteiger partial charge in [0.15, 0.2) is 0 Å². The van der Waals surface area contributed by atoms with Crippen LogP contribution in [0.1, 0.15) is 32.6 Å². The van der Waals surface area contributed by atoms with Gasteiger partial charge in [-0.3, -0.25) is 0 Å². The van der Waals surface area contributed by atoms with E-state index in [0.717, 1.165) is 25.7 Å². The van der Waals surface area contributed by atoms with Crippen molar-refractivity contribution in [3.63, 3.8) is 0 Å². The zero-order valence-corrected chi connectivity index (χ0v) is 11.1. The highest BCUT2D eigenvalue weighted by molar-refractivity contribution is 4.78. The molecule has 1 aliphatic carbocycles. The maximum atomic E-state index is 9.79. The lowest BCUT2D eigenvalue weighted by Crippen LogP contribution is -2.35. The van der Waals surface area contributed by atoms with Gasteiger partial charge in [0.25, 0.3) is 0 Å². The van der Waals surface area contributed by atoms with Gasteiger partial charge in [-0.1, -0.05) is 6.92 Å². The van der Waals surface area contributed by atoms with Crippen LogP contribution in [0.25, 0.3) is 0 Å². The van der Waals surface area contributed by atoms with Crippen molar-refractivity contribution >= 4 is 0 Å². The Kier molecular flexibility index (Phi) is 7.77. The van der Waals surface area contributed by atoms with Crippen LogP contribution in [0.2, 0.25) is 0 Å². The van der Waals surface area contributed by atoms with Crippen molar-refractivity contribution in [2.45, 2.75) is 44.8 Å². The molecule has 1 N–H and O–H groups in total. The van der Waals surface area contributed by atoms with Crippen molar-refractivity contribution in [3.8, 4) is 0 Å². The lowest BCUT2D eigenvalue weighted by molar-refractivity contribution is -0.0737. The Bertz CT molecular complexity index is 186. The van der Waals surface area contributed by atoms with Crippen LogP contribution in [0, 0.1) is 5.92 Å². The van der Waals surface area contributed by atoms with E-state index >= 15 is 0 Å². The molecule has 0 bridgehead atoms. The van der Waals surface area contributed by atoms with Gasteiger partial charge in [0, 0.05) is 20.3 Å². The number of hydrogen-bond acceptors (Lipinski definition) is 4. The maximum absolute atomic E-state index is 9.79. The fourth-order valence-corrected chi connectivity index (χ4v) is 2.13. The minimum atomic E-state index is -0.277. The molecule has 4 heteroatoms. The Labute approximate surface area is 104 Å². The molecule has 0 aliphatic heterocycles. The predicted molar refractivity (Wildman–Crippen MR) is 66.1 cm³/mol. The van der Waals surface area contributed by atoms with E-state index in [1.54, 1.807) is 7.11 Å². The minimum absolute atomic E-state index is 0.0257. The zero-order valence-electron chi connectivity index (χ0n) is 11.1. The van der Waals surface area contributed by atoms with Crippen LogP contribution in [-0.4, -0.2) is 50.9 Å². The van der Waals surface area contributed by atoms with Crippen LogP contribution in [-0.2, 0) is 14.2 Å². The van der Waals surface area contributed by atoms with Gasteiger partial charge in [-0.25, -0.2) is 0 Å². The predicted octanol–water partition coefficient (Wildman–Crippen LogP) is 1.61. The first-order valence-electron chi connectivity index (χ1n) is 6.60. The molecule has 0 radical (unpaired) electrons. The van der Waals surface area contributed by atoms with Gasteiger partial charge >= 0.3 is 0 Å². The summed E-state index contributed by atoms with van der Waals surface area (Å²) in [6, 6.07) is 0. The summed E-state index contributed by atoms with van der Waals surface area (Å²) in [6.45, 7) is 4.86. The molecule has 1 rings (SSSR count). The summed E-state index contributed by atoms with van der Waals surface area (Å²) in [6.07, 6.45) is 3.59. The van der Waals surface area contributed by atoms with E-state index in [1.807, 2.05) is 0 Å². The molecular formula is C13H26O4. The summed E-state index contributed by atoms with van der Waals surface area (Å²) in [7, 11) is 1.66. The summed E-state index contributed by atoms with van der Waals surface area (Å²) in [5.74, 6) is 0.668. The van der Waals surface area contributed by atoms with Crippen LogP contribution in [0.15, 0.2) is 0 Å². The van der Waals surface area contributed by atoms with E-state index in [-0.39, 0.29) is 12.2 Å². The normalized spacial score (nSPS) is 29.5. The first-order valence-corrected chi connectivity index (χ1v) is 6.60. The van der Waals surface area contributed by atoms with E-state index in [0.29, 0.717) is 32.3 Å². The number of rotatable bonds is 8. The molecule has 0 heterocycles. The third-order valence-electron chi connectivity index (χ3n) is 3.22. The number of methoxy groups -OCH3 is 1. The summed E-state index contributed by atoms with van der Waals surface area (Å²) >= 11 is 0. The Hall–Kier alpha value is -0.160. The van der Waals surface area contributed by atoms with Crippen molar-refractivity contribution in [2.75, 3.05) is 33.5 Å². The second-order valence-corrected chi connectivity index (χ2v) is 4.85. The largest absolute Gasteiger partial charge is 0.390 e. The fraction of sp³-hybridized carbons (Fsp3) is 1.00. The van der Waals surface area contributed by atoms with Crippen LogP contribution in [0.3, 0.4) is 0 Å². The fourth-order valence-electron chi connectivity index (χ4n) is 2.13. The third-order valence-corrected chi connectivity index (χ3v) is 3.22. The minimum Gasteiger partial charge on any atom is -0.390 e. The number of ether oxygens (including phenoxy) is 3. The molecule has 4 nitrogen and oxygen atoms in total. The molecule has 0 spiro atoms. The van der Waals surface area contributed by atoms with Gasteiger partial charge in [-0.2, -0.15) is 0 Å². The number of aliphatic hydroxyl groups excluding tert-OH is 1. The molecule has 1 aliphatic rings. The molecule has 17 heavy (non-hydrogen) atoms. The van der Waals surface area contributed by atoms with Crippen LogP contribution in [0.5, 0.6) is 0 Å². The highest BCUT2D eigenvalue weighted by Gasteiger charge is 2.27. The second kappa shape index (κ2) is 8.86. The first kappa shape index (κ1) is 14.9. The van der Waals surface area contributed by atoms with Crippen LogP contribution < -0.4 is 0 Å². The average Bonchev–Trinajstić information content (AvgIpc) is 2.32. The number of hydrogen-bond donors (Lipinski definition) is 1. The van der Waals surface area contributed by atoms with Gasteiger partial charge in [0.2, 0.25) is 0 Å². The molecule has 0 aromatic rings. The molecule has 3 atom stereocenters. The smallest absolute Gasteiger partial charge is 0.0836 e. The van der Waals surface area contributed by atoms with Crippen molar-refractivity contribution in [3.05, 3.63) is 0 Å². The second-order valence-electron chi connectivity index (χ2n) is 4.85. The molecule has 0 aromatic carbocycles. The zero-order chi connectivity index (χ0) is 12.5. The summed E-state index contributed by atoms with van der Waals surface area (Å²) in [5, 5.41) is 9.79. The van der Waals surface area contributed by atoms with E-state index in [4.69, 9.17) is 14.2 Å². The third kappa shape index (κ3) is 6.36. The van der Waals surface area contributed by atoms with Crippen molar-refractivity contribution < 1.29 is 19.3 Å². The Balaban J connectivity index is 1.97. The standard InChI is InChI=1S/C13H26O4/c1-11-4-5-12(14)13(10-11)17-7-3-6-16-9-8-15-2/h11-14H,3-10H2,1-2H3. The molecule has 0 amide bonds. The lowest BCUT2D eigenvalue weighted by atomic mass is 9.86. The molecular weight excluding hydrogens is 220 g/mol. The molecule has 102 valence electrons. The quantitative estimate of drug-likeness (QED) is 0.661. The molecule has 0 saturated heterocycles. The summed E-state index contributed by atoms with van der Waals surface area (Å²) in [4.78, 5) is 0. The topological polar surface area (TPSA) is 47.9 Å². The molecule has 0 aromatic heterocycles. The first-order chi connectivity index (χ1) is 8.24. The molecule has 3 unspecified atom stereocenters. The van der Waals surface area contributed by atoms with E-state index in [1.165, 1.54) is 0 Å². The average molecular weight is 246 g/mol. The Morgan fingerprint density at radius 3 is 2.71 bits per heavy atom. The van der Waals surface area contributed by atoms with Crippen LogP contribution >= 0.6 is 0 Å². The Morgan fingerprint density at radius 2 is 1.94 bits per heavy atom. The molecule has 1 saturated carbocycles. The monoisotopic (exact) mass is 246 g/mol. The van der Waals surface area contributed by atoms with E-state index in [2.05, 4.69) is 6.92 Å². The highest BCUT2D eigenvalue weighted by atomic mass is 16.5. The van der Waals surface area contributed by atoms with Crippen molar-refractivity contribution in [1.82, 2.24) is 0 Å². The summed E-state index contributed by atoms with van der Waals surface area (Å²) < 4.78 is 15.9. The lowest BCUT2D eigenvalue weighted by Gasteiger charge is -2.31. The van der Waals surface area contributed by atoms with E-state index in [9.17, 15) is 5.11 Å². The highest BCUT2D eigenvalue weighted by Crippen LogP contribution is 2.26. The van der Waals surface area contributed by atoms with Gasteiger partial charge < -0.3 is 19.3 Å². The summed E-state index contributed by atoms with van der Waals surface area (Å²) in [5.41, 5.74) is 0. The van der Waals surface area contributed by atoms with E-state index < -0.39 is 0 Å². The van der Waals surface area contributed by atoms with Crippen LogP contribution in [0.4, 0.5) is 0 Å². The van der Waals surface area contributed by atoms with Gasteiger partial charge in [-0.15, -0.1) is 0 Å². The SMILES string of the molecule is COCCOCCCOC1CC(C)CCC1O. The molecule has 1 fully saturated rings.